The van der Waals surface area contributed by atoms with Crippen molar-refractivity contribution in [2.75, 3.05) is 17.2 Å². The summed E-state index contributed by atoms with van der Waals surface area (Å²) in [5, 5.41) is 6.07. The summed E-state index contributed by atoms with van der Waals surface area (Å²) in [7, 11) is 0. The molecule has 0 spiro atoms. The van der Waals surface area contributed by atoms with E-state index in [1.165, 1.54) is 16.9 Å². The minimum atomic E-state index is -0.452. The third kappa shape index (κ3) is 6.58. The van der Waals surface area contributed by atoms with Gasteiger partial charge in [-0.3, -0.25) is 19.7 Å². The monoisotopic (exact) mass is 579 g/mol. The topological polar surface area (TPSA) is 119 Å². The number of fused-ring (bicyclic) bond motifs is 1. The number of rotatable bonds is 10. The molecule has 8 nitrogen and oxygen atoms in total. The lowest BCUT2D eigenvalue weighted by Crippen LogP contribution is -2.18. The fourth-order valence-corrected chi connectivity index (χ4v) is 5.51. The number of nitrogens with one attached hydrogen (secondary N) is 2. The molecule has 0 aliphatic heterocycles. The molecule has 2 heterocycles. The number of hydrogen-bond donors (Lipinski definition) is 3. The van der Waals surface area contributed by atoms with E-state index in [0.29, 0.717) is 27.6 Å². The number of anilines is 2. The van der Waals surface area contributed by atoms with Crippen molar-refractivity contribution in [2.45, 2.75) is 39.2 Å². The van der Waals surface area contributed by atoms with Gasteiger partial charge in [-0.05, 0) is 46.9 Å². The predicted molar refractivity (Wildman–Crippen MR) is 169 cm³/mol. The van der Waals surface area contributed by atoms with Crippen molar-refractivity contribution in [1.82, 2.24) is 9.55 Å². The normalized spacial score (nSPS) is 11.4. The molecular weight excluding hydrogens is 546 g/mol. The number of nitrogens with two attached hydrogens (primary N) is 1. The third-order valence-electron chi connectivity index (χ3n) is 6.97. The van der Waals surface area contributed by atoms with Crippen molar-refractivity contribution in [3.05, 3.63) is 101 Å². The van der Waals surface area contributed by atoms with Gasteiger partial charge in [-0.15, -0.1) is 11.3 Å². The van der Waals surface area contributed by atoms with Crippen LogP contribution in [0.3, 0.4) is 0 Å². The van der Waals surface area contributed by atoms with E-state index in [1.54, 1.807) is 22.8 Å². The first-order valence-corrected chi connectivity index (χ1v) is 14.5. The zero-order valence-electron chi connectivity index (χ0n) is 23.8. The van der Waals surface area contributed by atoms with Crippen molar-refractivity contribution in [2.24, 2.45) is 5.73 Å². The number of thiophene rings is 1. The van der Waals surface area contributed by atoms with Gasteiger partial charge in [0.25, 0.3) is 5.91 Å². The lowest BCUT2D eigenvalue weighted by molar-refractivity contribution is -0.118. The van der Waals surface area contributed by atoms with E-state index in [2.05, 4.69) is 60.7 Å². The standard InChI is InChI=1S/C33H33N5O3S/c1-33(2,3)23-11-9-22(10-12-23)28-15-16-29(42-28)31(41)37-32-36-25-19-24(13-14-26(25)38(32)18-17-30(34)40)35-20-27(39)21-7-5-4-6-8-21/h4-16,19,35H,17-18,20H2,1-3H3,(H2,34,40)(H,36,37,41). The molecule has 2 aromatic heterocycles. The van der Waals surface area contributed by atoms with Crippen molar-refractivity contribution < 1.29 is 14.4 Å². The highest BCUT2D eigenvalue weighted by molar-refractivity contribution is 7.17. The van der Waals surface area contributed by atoms with E-state index >= 15 is 0 Å². The van der Waals surface area contributed by atoms with Crippen LogP contribution in [-0.4, -0.2) is 33.7 Å². The fraction of sp³-hybridized carbons (Fsp3) is 0.212. The Morgan fingerprint density at radius 2 is 1.67 bits per heavy atom. The maximum atomic E-state index is 13.3. The van der Waals surface area contributed by atoms with E-state index in [-0.39, 0.29) is 36.6 Å². The zero-order chi connectivity index (χ0) is 29.9. The van der Waals surface area contributed by atoms with Crippen molar-refractivity contribution in [1.29, 1.82) is 0 Å². The molecule has 0 fully saturated rings. The number of hydrogen-bond acceptors (Lipinski definition) is 6. The highest BCUT2D eigenvalue weighted by atomic mass is 32.1. The maximum Gasteiger partial charge on any atom is 0.268 e. The van der Waals surface area contributed by atoms with Crippen LogP contribution in [0, 0.1) is 0 Å². The number of imidazole rings is 1. The summed E-state index contributed by atoms with van der Waals surface area (Å²) in [5.74, 6) is -0.457. The van der Waals surface area contributed by atoms with Crippen LogP contribution in [0.15, 0.2) is 84.9 Å². The molecule has 42 heavy (non-hydrogen) atoms. The Morgan fingerprint density at radius 3 is 2.36 bits per heavy atom. The van der Waals surface area contributed by atoms with Crippen LogP contribution in [0.5, 0.6) is 0 Å². The molecule has 3 aromatic carbocycles. The van der Waals surface area contributed by atoms with E-state index in [4.69, 9.17) is 5.73 Å². The molecule has 5 rings (SSSR count). The Hall–Kier alpha value is -4.76. The number of benzene rings is 3. The van der Waals surface area contributed by atoms with Gasteiger partial charge in [-0.2, -0.15) is 0 Å². The first-order chi connectivity index (χ1) is 20.1. The molecule has 0 saturated heterocycles. The predicted octanol–water partition coefficient (Wildman–Crippen LogP) is 6.48. The van der Waals surface area contributed by atoms with E-state index < -0.39 is 5.91 Å². The smallest absolute Gasteiger partial charge is 0.268 e. The van der Waals surface area contributed by atoms with Crippen molar-refractivity contribution in [3.8, 4) is 10.4 Å². The van der Waals surface area contributed by atoms with E-state index in [9.17, 15) is 14.4 Å². The van der Waals surface area contributed by atoms with Gasteiger partial charge >= 0.3 is 0 Å². The molecule has 2 amide bonds. The van der Waals surface area contributed by atoms with Gasteiger partial charge in [0.05, 0.1) is 22.5 Å². The van der Waals surface area contributed by atoms with Crippen LogP contribution < -0.4 is 16.4 Å². The minimum absolute atomic E-state index is 0.0314. The van der Waals surface area contributed by atoms with Crippen LogP contribution in [-0.2, 0) is 16.8 Å². The molecule has 0 aliphatic carbocycles. The lowest BCUT2D eigenvalue weighted by atomic mass is 9.86. The van der Waals surface area contributed by atoms with Gasteiger partial charge < -0.3 is 15.6 Å². The third-order valence-corrected chi connectivity index (χ3v) is 8.10. The Morgan fingerprint density at radius 1 is 0.929 bits per heavy atom. The molecule has 9 heteroatoms. The Bertz CT molecular complexity index is 1750. The number of nitrogens with zero attached hydrogens (tertiary/aromatic N) is 2. The highest BCUT2D eigenvalue weighted by Crippen LogP contribution is 2.31. The molecule has 0 radical (unpaired) electrons. The van der Waals surface area contributed by atoms with Crippen LogP contribution in [0.25, 0.3) is 21.5 Å². The highest BCUT2D eigenvalue weighted by Gasteiger charge is 2.18. The summed E-state index contributed by atoms with van der Waals surface area (Å²) < 4.78 is 1.77. The molecule has 214 valence electrons. The SMILES string of the molecule is CC(C)(C)c1ccc(-c2ccc(C(=O)Nc3nc4cc(NCC(=O)c5ccccc5)ccc4n3CCC(N)=O)s2)cc1. The second kappa shape index (κ2) is 12.0. The Kier molecular flexibility index (Phi) is 8.22. The fourth-order valence-electron chi connectivity index (χ4n) is 4.60. The minimum Gasteiger partial charge on any atom is -0.378 e. The number of carbonyl (C=O) groups is 3. The van der Waals surface area contributed by atoms with Crippen LogP contribution in [0.1, 0.15) is 52.8 Å². The number of primary amides is 1. The molecule has 4 N–H and O–H groups in total. The summed E-state index contributed by atoms with van der Waals surface area (Å²) >= 11 is 1.40. The first kappa shape index (κ1) is 28.8. The number of carbonyl (C=O) groups excluding carboxylic acids is 3. The maximum absolute atomic E-state index is 13.3. The van der Waals surface area contributed by atoms with Crippen molar-refractivity contribution in [3.63, 3.8) is 0 Å². The number of Topliss-reactive ketones (excluding diaryl/α,β-unsaturated/α-hetero) is 1. The average Bonchev–Trinajstić information content (AvgIpc) is 3.60. The van der Waals surface area contributed by atoms with Crippen molar-refractivity contribution >= 4 is 51.6 Å². The van der Waals surface area contributed by atoms with Gasteiger partial charge in [0.2, 0.25) is 11.9 Å². The van der Waals surface area contributed by atoms with Crippen LogP contribution in [0.2, 0.25) is 0 Å². The Labute approximate surface area is 248 Å². The largest absolute Gasteiger partial charge is 0.378 e. The summed E-state index contributed by atoms with van der Waals surface area (Å²) in [5.41, 5.74) is 10.5. The Balaban J connectivity index is 1.35. The summed E-state index contributed by atoms with van der Waals surface area (Å²) in [6.07, 6.45) is 0.0909. The second-order valence-electron chi connectivity index (χ2n) is 11.1. The number of aromatic nitrogens is 2. The quantitative estimate of drug-likeness (QED) is 0.164. The summed E-state index contributed by atoms with van der Waals surface area (Å²) in [6, 6.07) is 26.7. The second-order valence-corrected chi connectivity index (χ2v) is 12.2. The lowest BCUT2D eigenvalue weighted by Gasteiger charge is -2.18. The van der Waals surface area contributed by atoms with Crippen LogP contribution in [0.4, 0.5) is 11.6 Å². The molecule has 5 aromatic rings. The molecule has 0 aliphatic rings. The molecule has 0 unspecified atom stereocenters. The van der Waals surface area contributed by atoms with Crippen LogP contribution >= 0.6 is 11.3 Å². The first-order valence-electron chi connectivity index (χ1n) is 13.7. The zero-order valence-corrected chi connectivity index (χ0v) is 24.6. The number of ketones is 1. The van der Waals surface area contributed by atoms with E-state index in [1.807, 2.05) is 42.5 Å². The van der Waals surface area contributed by atoms with Gasteiger partial charge in [0.15, 0.2) is 5.78 Å². The molecular formula is C33H33N5O3S. The molecule has 0 atom stereocenters. The number of aryl methyl sites for hydroxylation is 1. The molecule has 0 bridgehead atoms. The molecule has 0 saturated carbocycles. The van der Waals surface area contributed by atoms with Gasteiger partial charge in [-0.25, -0.2) is 4.98 Å². The van der Waals surface area contributed by atoms with Gasteiger partial charge in [-0.1, -0.05) is 75.4 Å². The van der Waals surface area contributed by atoms with E-state index in [0.717, 1.165) is 16.0 Å². The number of amides is 2. The summed E-state index contributed by atoms with van der Waals surface area (Å²) in [4.78, 5) is 43.6. The average molecular weight is 580 g/mol. The van der Waals surface area contributed by atoms with Gasteiger partial charge in [0.1, 0.15) is 0 Å². The van der Waals surface area contributed by atoms with Gasteiger partial charge in [0, 0.05) is 29.1 Å². The summed E-state index contributed by atoms with van der Waals surface area (Å²) in [6.45, 7) is 6.92.